The molecule has 1 aromatic rings. The monoisotopic (exact) mass is 424 g/mol. The van der Waals surface area contributed by atoms with Crippen molar-refractivity contribution in [2.75, 3.05) is 21.3 Å². The average molecular weight is 424 g/mol. The van der Waals surface area contributed by atoms with E-state index in [0.717, 1.165) is 0 Å². The van der Waals surface area contributed by atoms with Crippen LogP contribution in [0.4, 0.5) is 0 Å². The minimum absolute atomic E-state index is 0.306. The maximum absolute atomic E-state index is 10.3. The predicted molar refractivity (Wildman–Crippen MR) is 107 cm³/mol. The van der Waals surface area contributed by atoms with Crippen LogP contribution in [0.1, 0.15) is 38.4 Å². The Morgan fingerprint density at radius 2 is 1.61 bits per heavy atom. The van der Waals surface area contributed by atoms with Crippen LogP contribution >= 0.6 is 0 Å². The number of nitrogens with one attached hydrogen (secondary N) is 1. The van der Waals surface area contributed by atoms with Crippen molar-refractivity contribution in [1.82, 2.24) is 0 Å². The topological polar surface area (TPSA) is 141 Å². The van der Waals surface area contributed by atoms with Crippen LogP contribution < -0.4 is 14.2 Å². The number of nitrogens with zero attached hydrogens (tertiary/aromatic N) is 3. The number of hydrogen-bond donors (Lipinski definition) is 1. The molecule has 2 bridgehead atoms. The molecule has 9 heteroatoms. The number of nitriles is 3. The largest absolute Gasteiger partial charge is 0.493 e. The lowest BCUT2D eigenvalue weighted by Crippen LogP contribution is -2.58. The van der Waals surface area contributed by atoms with Gasteiger partial charge < -0.3 is 23.7 Å². The molecule has 2 aliphatic heterocycles. The number of methoxy groups -OCH3 is 3. The molecule has 0 radical (unpaired) electrons. The van der Waals surface area contributed by atoms with E-state index in [0.29, 0.717) is 35.7 Å². The fourth-order valence-electron chi connectivity index (χ4n) is 4.87. The summed E-state index contributed by atoms with van der Waals surface area (Å²) in [7, 11) is 4.35. The van der Waals surface area contributed by atoms with Gasteiger partial charge in [-0.25, -0.2) is 0 Å². The van der Waals surface area contributed by atoms with Gasteiger partial charge in [0, 0.05) is 6.92 Å². The predicted octanol–water partition coefficient (Wildman–Crippen LogP) is 3.47. The molecule has 0 saturated carbocycles. The Morgan fingerprint density at radius 3 is 2.03 bits per heavy atom. The molecule has 9 nitrogen and oxygen atoms in total. The number of ether oxygens (including phenoxy) is 5. The summed E-state index contributed by atoms with van der Waals surface area (Å²) < 4.78 is 28.2. The first-order valence-corrected chi connectivity index (χ1v) is 9.78. The molecule has 31 heavy (non-hydrogen) atoms. The number of fused-ring (bicyclic) bond motifs is 2. The van der Waals surface area contributed by atoms with Crippen molar-refractivity contribution >= 4 is 5.90 Å². The Morgan fingerprint density at radius 1 is 1.03 bits per heavy atom. The quantitative estimate of drug-likeness (QED) is 0.731. The number of benzene rings is 1. The summed E-state index contributed by atoms with van der Waals surface area (Å²) in [6.45, 7) is 3.56. The maximum atomic E-state index is 10.3. The maximum Gasteiger partial charge on any atom is 0.214 e. The Balaban J connectivity index is 2.34. The highest BCUT2D eigenvalue weighted by atomic mass is 16.7. The van der Waals surface area contributed by atoms with Crippen molar-refractivity contribution < 1.29 is 23.7 Å². The fraction of sp³-hybridized carbons (Fsp3) is 0.545. The molecule has 1 aromatic carbocycles. The minimum atomic E-state index is -2.04. The highest BCUT2D eigenvalue weighted by Gasteiger charge is 2.79. The van der Waals surface area contributed by atoms with E-state index in [-0.39, 0.29) is 0 Å². The first-order valence-electron chi connectivity index (χ1n) is 9.78. The van der Waals surface area contributed by atoms with Gasteiger partial charge in [-0.3, -0.25) is 5.41 Å². The van der Waals surface area contributed by atoms with Gasteiger partial charge >= 0.3 is 0 Å². The number of rotatable bonds is 6. The van der Waals surface area contributed by atoms with E-state index in [1.54, 1.807) is 19.1 Å². The zero-order chi connectivity index (χ0) is 23.0. The van der Waals surface area contributed by atoms with Crippen LogP contribution in [0.2, 0.25) is 0 Å². The molecular formula is C22H24N4O5. The first-order chi connectivity index (χ1) is 14.8. The molecule has 4 unspecified atom stereocenters. The van der Waals surface area contributed by atoms with E-state index in [4.69, 9.17) is 29.1 Å². The second-order valence-electron chi connectivity index (χ2n) is 7.70. The Bertz CT molecular complexity index is 997. The van der Waals surface area contributed by atoms with Gasteiger partial charge in [-0.15, -0.1) is 0 Å². The molecular weight excluding hydrogens is 400 g/mol. The number of hydrogen-bond acceptors (Lipinski definition) is 9. The zero-order valence-corrected chi connectivity index (χ0v) is 18.1. The summed E-state index contributed by atoms with van der Waals surface area (Å²) in [5, 5.41) is 39.4. The summed E-state index contributed by atoms with van der Waals surface area (Å²) in [6, 6.07) is 9.35. The van der Waals surface area contributed by atoms with Gasteiger partial charge in [-0.2, -0.15) is 15.8 Å². The van der Waals surface area contributed by atoms with E-state index >= 15 is 0 Å². The smallest absolute Gasteiger partial charge is 0.214 e. The molecule has 2 heterocycles. The van der Waals surface area contributed by atoms with Crippen LogP contribution in [0.15, 0.2) is 12.1 Å². The van der Waals surface area contributed by atoms with Gasteiger partial charge in [-0.05, 0) is 24.1 Å². The molecule has 162 valence electrons. The highest BCUT2D eigenvalue weighted by Crippen LogP contribution is 2.67. The molecule has 0 spiro atoms. The Labute approximate surface area is 181 Å². The van der Waals surface area contributed by atoms with E-state index < -0.39 is 34.5 Å². The van der Waals surface area contributed by atoms with Crippen LogP contribution in [-0.2, 0) is 9.47 Å². The van der Waals surface area contributed by atoms with Crippen molar-refractivity contribution in [3.8, 4) is 35.5 Å². The molecule has 3 rings (SSSR count). The van der Waals surface area contributed by atoms with Gasteiger partial charge in [-0.1, -0.05) is 13.3 Å². The lowest BCUT2D eigenvalue weighted by molar-refractivity contribution is -0.274. The van der Waals surface area contributed by atoms with Crippen LogP contribution in [0.25, 0.3) is 0 Å². The second-order valence-corrected chi connectivity index (χ2v) is 7.70. The third kappa shape index (κ3) is 2.65. The summed E-state index contributed by atoms with van der Waals surface area (Å²) in [6.07, 6.45) is -0.109. The average Bonchev–Trinajstić information content (AvgIpc) is 2.94. The lowest BCUT2D eigenvalue weighted by Gasteiger charge is -2.48. The van der Waals surface area contributed by atoms with Crippen molar-refractivity contribution in [1.29, 1.82) is 21.2 Å². The highest BCUT2D eigenvalue weighted by molar-refractivity contribution is 5.89. The molecule has 2 fully saturated rings. The van der Waals surface area contributed by atoms with E-state index in [1.165, 1.54) is 21.3 Å². The molecule has 0 aromatic heterocycles. The summed E-state index contributed by atoms with van der Waals surface area (Å²) in [5.74, 6) is -1.50. The molecule has 2 saturated heterocycles. The standard InChI is InChI=1S/C22H24N4O5/c1-6-7-16-20(2)30-18(13-8-14(27-3)17(29-5)15(9-13)28-4)21(10-23,11-24)22(16,12-25)19(26)31-20/h8-9,16,18,26H,6-7H2,1-5H3. The van der Waals surface area contributed by atoms with Crippen molar-refractivity contribution in [3.63, 3.8) is 0 Å². The molecule has 4 atom stereocenters. The van der Waals surface area contributed by atoms with E-state index in [2.05, 4.69) is 6.07 Å². The Hall–Kier alpha value is -3.48. The van der Waals surface area contributed by atoms with Gasteiger partial charge in [0.1, 0.15) is 6.10 Å². The molecule has 0 aliphatic carbocycles. The Kier molecular flexibility index (Phi) is 5.48. The fourth-order valence-corrected chi connectivity index (χ4v) is 4.87. The minimum Gasteiger partial charge on any atom is -0.493 e. The van der Waals surface area contributed by atoms with Crippen LogP contribution in [0, 0.1) is 56.2 Å². The summed E-state index contributed by atoms with van der Waals surface area (Å²) in [4.78, 5) is 0. The normalized spacial score (nSPS) is 30.3. The zero-order valence-electron chi connectivity index (χ0n) is 18.1. The van der Waals surface area contributed by atoms with Crippen molar-refractivity contribution in [2.45, 2.75) is 38.6 Å². The molecule has 0 amide bonds. The lowest BCUT2D eigenvalue weighted by atomic mass is 9.53. The van der Waals surface area contributed by atoms with Crippen LogP contribution in [0.3, 0.4) is 0 Å². The SMILES string of the molecule is CCCC1C2(C)OC(=N)C1(C#N)C(C#N)(C#N)C(c1cc(OC)c(OC)c(OC)c1)O2. The van der Waals surface area contributed by atoms with Crippen molar-refractivity contribution in [3.05, 3.63) is 17.7 Å². The van der Waals surface area contributed by atoms with E-state index in [9.17, 15) is 15.8 Å². The van der Waals surface area contributed by atoms with E-state index in [1.807, 2.05) is 19.1 Å². The first kappa shape index (κ1) is 22.2. The van der Waals surface area contributed by atoms with Gasteiger partial charge in [0.2, 0.25) is 22.8 Å². The third-order valence-corrected chi connectivity index (χ3v) is 6.28. The van der Waals surface area contributed by atoms with Crippen LogP contribution in [0.5, 0.6) is 17.2 Å². The molecule has 1 N–H and O–H groups in total. The van der Waals surface area contributed by atoms with Crippen molar-refractivity contribution in [2.24, 2.45) is 16.7 Å². The summed E-state index contributed by atoms with van der Waals surface area (Å²) in [5.41, 5.74) is -3.47. The van der Waals surface area contributed by atoms with Crippen LogP contribution in [-0.4, -0.2) is 33.0 Å². The molecule has 2 aliphatic rings. The third-order valence-electron chi connectivity index (χ3n) is 6.28. The van der Waals surface area contributed by atoms with Gasteiger partial charge in [0.15, 0.2) is 16.9 Å². The summed E-state index contributed by atoms with van der Waals surface area (Å²) >= 11 is 0. The van der Waals surface area contributed by atoms with Gasteiger partial charge in [0.05, 0.1) is 45.5 Å². The van der Waals surface area contributed by atoms with Gasteiger partial charge in [0.25, 0.3) is 0 Å². The second kappa shape index (κ2) is 7.65.